The number of unbranched alkanes of at least 4 members (excludes halogenated alkanes) is 5. The summed E-state index contributed by atoms with van der Waals surface area (Å²) in [5, 5.41) is 0. The van der Waals surface area contributed by atoms with Crippen LogP contribution in [0.4, 0.5) is 0 Å². The van der Waals surface area contributed by atoms with Crippen LogP contribution in [0.2, 0.25) is 0 Å². The molecule has 4 aromatic rings. The number of halogens is 2. The van der Waals surface area contributed by atoms with Gasteiger partial charge in [0.2, 0.25) is 0 Å². The van der Waals surface area contributed by atoms with E-state index in [1.165, 1.54) is 37.7 Å². The van der Waals surface area contributed by atoms with Gasteiger partial charge in [-0.3, -0.25) is 0 Å². The lowest BCUT2D eigenvalue weighted by atomic mass is 10.0. The maximum Gasteiger partial charge on any atom is 0.119 e. The fourth-order valence-electron chi connectivity index (χ4n) is 4.07. The first-order chi connectivity index (χ1) is 16.6. The van der Waals surface area contributed by atoms with Crippen LogP contribution in [-0.2, 0) is 0 Å². The molecule has 5 heteroatoms. The Kier molecular flexibility index (Phi) is 8.74. The van der Waals surface area contributed by atoms with Crippen molar-refractivity contribution in [2.45, 2.75) is 52.4 Å². The van der Waals surface area contributed by atoms with E-state index in [1.54, 1.807) is 0 Å². The van der Waals surface area contributed by atoms with Gasteiger partial charge >= 0.3 is 0 Å². The molecular weight excluding hydrogens is 552 g/mol. The highest BCUT2D eigenvalue weighted by atomic mass is 79.9. The predicted molar refractivity (Wildman–Crippen MR) is 149 cm³/mol. The first kappa shape index (κ1) is 24.9. The van der Waals surface area contributed by atoms with E-state index in [9.17, 15) is 0 Å². The Morgan fingerprint density at radius 3 is 1.94 bits per heavy atom. The zero-order valence-electron chi connectivity index (χ0n) is 19.8. The molecule has 0 amide bonds. The molecule has 1 aromatic heterocycles. The molecule has 1 heterocycles. The number of aryl methyl sites for hydroxylation is 1. The number of rotatable bonds is 10. The third kappa shape index (κ3) is 6.05. The molecule has 0 radical (unpaired) electrons. The Morgan fingerprint density at radius 1 is 0.706 bits per heavy atom. The third-order valence-electron chi connectivity index (χ3n) is 5.89. The summed E-state index contributed by atoms with van der Waals surface area (Å²) in [6, 6.07) is 20.6. The van der Waals surface area contributed by atoms with Gasteiger partial charge in [-0.05, 0) is 75.5 Å². The second kappa shape index (κ2) is 11.9. The van der Waals surface area contributed by atoms with Gasteiger partial charge in [0.1, 0.15) is 16.8 Å². The molecular formula is C29H30Br2N2O. The smallest absolute Gasteiger partial charge is 0.119 e. The summed E-state index contributed by atoms with van der Waals surface area (Å²) in [7, 11) is 0. The van der Waals surface area contributed by atoms with E-state index in [0.29, 0.717) is 0 Å². The molecule has 0 unspecified atom stereocenters. The second-order valence-electron chi connectivity index (χ2n) is 8.66. The highest BCUT2D eigenvalue weighted by Crippen LogP contribution is 2.36. The maximum atomic E-state index is 6.10. The van der Waals surface area contributed by atoms with Gasteiger partial charge in [-0.1, -0.05) is 74.9 Å². The lowest BCUT2D eigenvalue weighted by molar-refractivity contribution is 0.304. The first-order valence-electron chi connectivity index (χ1n) is 12.0. The quantitative estimate of drug-likeness (QED) is 0.175. The Hall–Kier alpha value is -2.24. The van der Waals surface area contributed by atoms with Crippen molar-refractivity contribution in [1.82, 2.24) is 9.97 Å². The molecule has 0 atom stereocenters. The van der Waals surface area contributed by atoms with E-state index in [2.05, 4.69) is 82.1 Å². The summed E-state index contributed by atoms with van der Waals surface area (Å²) in [4.78, 5) is 10.2. The van der Waals surface area contributed by atoms with Gasteiger partial charge in [-0.2, -0.15) is 0 Å². The van der Waals surface area contributed by atoms with Gasteiger partial charge in [0.15, 0.2) is 0 Å². The molecule has 0 aliphatic carbocycles. The number of nitrogens with zero attached hydrogens (tertiary/aromatic N) is 2. The van der Waals surface area contributed by atoms with Crippen molar-refractivity contribution in [3.63, 3.8) is 0 Å². The van der Waals surface area contributed by atoms with Crippen LogP contribution in [0, 0.1) is 6.92 Å². The molecule has 3 aromatic carbocycles. The van der Waals surface area contributed by atoms with Gasteiger partial charge in [0.05, 0.1) is 18.0 Å². The number of hydrogen-bond acceptors (Lipinski definition) is 3. The van der Waals surface area contributed by atoms with Crippen molar-refractivity contribution in [3.05, 3.63) is 75.2 Å². The Morgan fingerprint density at radius 2 is 1.29 bits per heavy atom. The molecule has 0 saturated carbocycles. The Balaban J connectivity index is 1.67. The summed E-state index contributed by atoms with van der Waals surface area (Å²) >= 11 is 7.32. The molecule has 0 bridgehead atoms. The van der Waals surface area contributed by atoms with Crippen LogP contribution in [-0.4, -0.2) is 16.6 Å². The minimum Gasteiger partial charge on any atom is -0.494 e. The Labute approximate surface area is 219 Å². The number of benzene rings is 3. The largest absolute Gasteiger partial charge is 0.494 e. The highest BCUT2D eigenvalue weighted by Gasteiger charge is 2.17. The zero-order chi connectivity index (χ0) is 23.9. The van der Waals surface area contributed by atoms with E-state index in [0.717, 1.165) is 61.3 Å². The molecule has 0 aliphatic rings. The average molecular weight is 582 g/mol. The summed E-state index contributed by atoms with van der Waals surface area (Å²) in [5.41, 5.74) is 6.62. The number of aromatic nitrogens is 2. The summed E-state index contributed by atoms with van der Waals surface area (Å²) < 4.78 is 7.95. The minimum atomic E-state index is 0.738. The van der Waals surface area contributed by atoms with Crippen LogP contribution in [0.25, 0.3) is 33.5 Å². The monoisotopic (exact) mass is 580 g/mol. The molecule has 34 heavy (non-hydrogen) atoms. The fourth-order valence-corrected chi connectivity index (χ4v) is 4.89. The van der Waals surface area contributed by atoms with E-state index >= 15 is 0 Å². The summed E-state index contributed by atoms with van der Waals surface area (Å²) in [6.45, 7) is 5.08. The van der Waals surface area contributed by atoms with Crippen LogP contribution in [0.5, 0.6) is 5.75 Å². The lowest BCUT2D eigenvalue weighted by Crippen LogP contribution is -1.99. The summed E-state index contributed by atoms with van der Waals surface area (Å²) in [6.07, 6.45) is 7.51. The van der Waals surface area contributed by atoms with Crippen molar-refractivity contribution in [3.8, 4) is 28.3 Å². The molecule has 0 N–H and O–H groups in total. The molecule has 0 aliphatic heterocycles. The van der Waals surface area contributed by atoms with Crippen molar-refractivity contribution >= 4 is 42.9 Å². The predicted octanol–water partition coefficient (Wildman–Crippen LogP) is 9.54. The van der Waals surface area contributed by atoms with Gasteiger partial charge in [0.25, 0.3) is 0 Å². The molecule has 4 rings (SSSR count). The molecule has 0 spiro atoms. The van der Waals surface area contributed by atoms with Crippen molar-refractivity contribution in [2.24, 2.45) is 0 Å². The van der Waals surface area contributed by atoms with E-state index < -0.39 is 0 Å². The van der Waals surface area contributed by atoms with Crippen LogP contribution in [0.1, 0.15) is 51.0 Å². The number of hydrogen-bond donors (Lipinski definition) is 0. The van der Waals surface area contributed by atoms with Crippen LogP contribution < -0.4 is 4.74 Å². The van der Waals surface area contributed by atoms with Crippen molar-refractivity contribution in [1.29, 1.82) is 0 Å². The van der Waals surface area contributed by atoms with Crippen LogP contribution in [0.15, 0.2) is 69.6 Å². The standard InChI is InChI=1S/C29H30Br2N2O/c1-3-4-5-6-7-8-17-34-23-14-10-13-22(19-23)27-26(21-12-9-11-20(2)18-21)32-28-24(30)15-16-25(31)29(28)33-27/h9-16,18-19H,3-8,17H2,1-2H3. The van der Waals surface area contributed by atoms with Gasteiger partial charge < -0.3 is 4.74 Å². The van der Waals surface area contributed by atoms with Crippen molar-refractivity contribution < 1.29 is 4.74 Å². The second-order valence-corrected chi connectivity index (χ2v) is 10.4. The maximum absolute atomic E-state index is 6.10. The number of ether oxygens (including phenoxy) is 1. The zero-order valence-corrected chi connectivity index (χ0v) is 23.0. The lowest BCUT2D eigenvalue weighted by Gasteiger charge is -2.14. The first-order valence-corrected chi connectivity index (χ1v) is 13.6. The molecule has 0 saturated heterocycles. The fraction of sp³-hybridized carbons (Fsp3) is 0.310. The average Bonchev–Trinajstić information content (AvgIpc) is 2.85. The van der Waals surface area contributed by atoms with Gasteiger partial charge in [0, 0.05) is 20.1 Å². The normalized spacial score (nSPS) is 11.2. The SMILES string of the molecule is CCCCCCCCOc1cccc(-c2nc3c(Br)ccc(Br)c3nc2-c2cccc(C)c2)c1. The highest BCUT2D eigenvalue weighted by molar-refractivity contribution is 9.11. The van der Waals surface area contributed by atoms with Crippen LogP contribution >= 0.6 is 31.9 Å². The Bertz CT molecular complexity index is 1270. The van der Waals surface area contributed by atoms with Gasteiger partial charge in [-0.25, -0.2) is 9.97 Å². The van der Waals surface area contributed by atoms with E-state index in [4.69, 9.17) is 14.7 Å². The summed E-state index contributed by atoms with van der Waals surface area (Å²) in [5.74, 6) is 0.872. The van der Waals surface area contributed by atoms with Gasteiger partial charge in [-0.15, -0.1) is 0 Å². The molecule has 0 fully saturated rings. The van der Waals surface area contributed by atoms with E-state index in [-0.39, 0.29) is 0 Å². The molecule has 176 valence electrons. The topological polar surface area (TPSA) is 35.0 Å². The third-order valence-corrected chi connectivity index (χ3v) is 7.17. The minimum absolute atomic E-state index is 0.738. The van der Waals surface area contributed by atoms with Crippen LogP contribution in [0.3, 0.4) is 0 Å². The van der Waals surface area contributed by atoms with E-state index in [1.807, 2.05) is 24.3 Å². The number of fused-ring (bicyclic) bond motifs is 1. The van der Waals surface area contributed by atoms with Crippen molar-refractivity contribution in [2.75, 3.05) is 6.61 Å². The molecule has 3 nitrogen and oxygen atoms in total.